The number of carbonyl (C=O) groups is 2. The summed E-state index contributed by atoms with van der Waals surface area (Å²) in [6.45, 7) is 4.90. The van der Waals surface area contributed by atoms with E-state index in [0.29, 0.717) is 25.3 Å². The van der Waals surface area contributed by atoms with Crippen LogP contribution in [0.25, 0.3) is 0 Å². The van der Waals surface area contributed by atoms with E-state index in [0.717, 1.165) is 6.42 Å². The van der Waals surface area contributed by atoms with Gasteiger partial charge in [0.1, 0.15) is 6.04 Å². The van der Waals surface area contributed by atoms with Crippen molar-refractivity contribution in [1.82, 2.24) is 15.1 Å². The van der Waals surface area contributed by atoms with Gasteiger partial charge in [0.05, 0.1) is 18.4 Å². The summed E-state index contributed by atoms with van der Waals surface area (Å²) in [6, 6.07) is -0.485. The number of hydrogen-bond donors (Lipinski definition) is 1. The molecule has 0 saturated carbocycles. The minimum Gasteiger partial charge on any atom is -0.462 e. The average Bonchev–Trinajstić information content (AvgIpc) is 2.92. The molecule has 1 aromatic rings. The van der Waals surface area contributed by atoms with E-state index in [1.54, 1.807) is 21.0 Å². The summed E-state index contributed by atoms with van der Waals surface area (Å²) in [4.78, 5) is 23.4. The number of hydrogen-bond acceptors (Lipinski definition) is 5. The highest BCUT2D eigenvalue weighted by molar-refractivity contribution is 5.89. The number of ether oxygens (including phenoxy) is 2. The molecule has 112 valence electrons. The van der Waals surface area contributed by atoms with E-state index < -0.39 is 12.0 Å². The number of esters is 1. The first-order chi connectivity index (χ1) is 9.60. The summed E-state index contributed by atoms with van der Waals surface area (Å²) in [6.07, 6.45) is 3.66. The maximum Gasteiger partial charge on any atom is 0.341 e. The average molecular weight is 283 g/mol. The van der Waals surface area contributed by atoms with Crippen molar-refractivity contribution in [2.45, 2.75) is 26.3 Å². The van der Waals surface area contributed by atoms with Crippen LogP contribution in [0.15, 0.2) is 12.4 Å². The molecule has 1 unspecified atom stereocenters. The van der Waals surface area contributed by atoms with Gasteiger partial charge in [-0.2, -0.15) is 5.10 Å². The van der Waals surface area contributed by atoms with E-state index >= 15 is 0 Å². The third-order valence-electron chi connectivity index (χ3n) is 2.71. The number of rotatable bonds is 8. The lowest BCUT2D eigenvalue weighted by atomic mass is 10.3. The fourth-order valence-electron chi connectivity index (χ4n) is 1.57. The Morgan fingerprint density at radius 2 is 2.25 bits per heavy atom. The SMILES string of the molecule is CCOC(=O)c1cnn(C(C)C(=O)NCCCOC)c1. The van der Waals surface area contributed by atoms with Crippen LogP contribution in [0.2, 0.25) is 0 Å². The van der Waals surface area contributed by atoms with E-state index in [-0.39, 0.29) is 5.91 Å². The van der Waals surface area contributed by atoms with E-state index in [9.17, 15) is 9.59 Å². The van der Waals surface area contributed by atoms with Crippen LogP contribution in [0.5, 0.6) is 0 Å². The number of methoxy groups -OCH3 is 1. The van der Waals surface area contributed by atoms with Crippen molar-refractivity contribution in [3.05, 3.63) is 18.0 Å². The largest absolute Gasteiger partial charge is 0.462 e. The van der Waals surface area contributed by atoms with Gasteiger partial charge in [0, 0.05) is 26.5 Å². The zero-order chi connectivity index (χ0) is 15.0. The molecule has 0 aliphatic heterocycles. The lowest BCUT2D eigenvalue weighted by molar-refractivity contribution is -0.124. The first-order valence-electron chi connectivity index (χ1n) is 6.58. The van der Waals surface area contributed by atoms with Crippen LogP contribution in [0, 0.1) is 0 Å². The monoisotopic (exact) mass is 283 g/mol. The van der Waals surface area contributed by atoms with Gasteiger partial charge >= 0.3 is 5.97 Å². The number of nitrogens with zero attached hydrogens (tertiary/aromatic N) is 2. The summed E-state index contributed by atoms with van der Waals surface area (Å²) in [5, 5.41) is 6.80. The minimum absolute atomic E-state index is 0.153. The van der Waals surface area contributed by atoms with Gasteiger partial charge in [-0.15, -0.1) is 0 Å². The van der Waals surface area contributed by atoms with Gasteiger partial charge in [0.15, 0.2) is 0 Å². The zero-order valence-corrected chi connectivity index (χ0v) is 12.1. The van der Waals surface area contributed by atoms with Crippen molar-refractivity contribution in [3.63, 3.8) is 0 Å². The van der Waals surface area contributed by atoms with E-state index in [1.165, 1.54) is 17.1 Å². The Kier molecular flexibility index (Phi) is 6.72. The molecule has 20 heavy (non-hydrogen) atoms. The van der Waals surface area contributed by atoms with Crippen molar-refractivity contribution < 1.29 is 19.1 Å². The molecule has 0 fully saturated rings. The summed E-state index contributed by atoms with van der Waals surface area (Å²) in [5.41, 5.74) is 0.339. The zero-order valence-electron chi connectivity index (χ0n) is 12.1. The third kappa shape index (κ3) is 4.65. The highest BCUT2D eigenvalue weighted by Gasteiger charge is 2.17. The second-order valence-corrected chi connectivity index (χ2v) is 4.24. The molecular formula is C13H21N3O4. The van der Waals surface area contributed by atoms with Gasteiger partial charge in [0.25, 0.3) is 0 Å². The van der Waals surface area contributed by atoms with Crippen molar-refractivity contribution >= 4 is 11.9 Å². The summed E-state index contributed by atoms with van der Waals surface area (Å²) in [7, 11) is 1.62. The fraction of sp³-hybridized carbons (Fsp3) is 0.615. The van der Waals surface area contributed by atoms with Crippen LogP contribution in [0.3, 0.4) is 0 Å². The smallest absolute Gasteiger partial charge is 0.341 e. The van der Waals surface area contributed by atoms with Gasteiger partial charge in [-0.05, 0) is 20.3 Å². The van der Waals surface area contributed by atoms with Crippen LogP contribution in [0.1, 0.15) is 36.7 Å². The van der Waals surface area contributed by atoms with Crippen LogP contribution in [0.4, 0.5) is 0 Å². The molecule has 0 aliphatic rings. The molecule has 7 nitrogen and oxygen atoms in total. The van der Waals surface area contributed by atoms with Gasteiger partial charge in [0.2, 0.25) is 5.91 Å². The molecule has 0 aliphatic carbocycles. The molecule has 1 N–H and O–H groups in total. The van der Waals surface area contributed by atoms with Crippen LogP contribution in [-0.4, -0.2) is 48.5 Å². The predicted octanol–water partition coefficient (Wildman–Crippen LogP) is 0.773. The summed E-state index contributed by atoms with van der Waals surface area (Å²) >= 11 is 0. The maximum absolute atomic E-state index is 11.9. The Morgan fingerprint density at radius 3 is 2.90 bits per heavy atom. The first kappa shape index (κ1) is 16.2. The molecular weight excluding hydrogens is 262 g/mol. The van der Waals surface area contributed by atoms with Gasteiger partial charge in [-0.25, -0.2) is 4.79 Å². The highest BCUT2D eigenvalue weighted by Crippen LogP contribution is 2.08. The van der Waals surface area contributed by atoms with Gasteiger partial charge in [-0.3, -0.25) is 9.48 Å². The molecule has 1 rings (SSSR count). The van der Waals surface area contributed by atoms with E-state index in [4.69, 9.17) is 9.47 Å². The second kappa shape index (κ2) is 8.31. The number of nitrogens with one attached hydrogen (secondary N) is 1. The highest BCUT2D eigenvalue weighted by atomic mass is 16.5. The van der Waals surface area contributed by atoms with E-state index in [2.05, 4.69) is 10.4 Å². The Morgan fingerprint density at radius 1 is 1.50 bits per heavy atom. The fourth-order valence-corrected chi connectivity index (χ4v) is 1.57. The van der Waals surface area contributed by atoms with Crippen molar-refractivity contribution in [2.24, 2.45) is 0 Å². The Bertz CT molecular complexity index is 445. The predicted molar refractivity (Wildman–Crippen MR) is 72.4 cm³/mol. The molecule has 0 spiro atoms. The minimum atomic E-state index is -0.485. The first-order valence-corrected chi connectivity index (χ1v) is 6.58. The molecule has 0 aromatic carbocycles. The summed E-state index contributed by atoms with van der Waals surface area (Å²) < 4.78 is 11.2. The quantitative estimate of drug-likeness (QED) is 0.563. The normalized spacial score (nSPS) is 11.9. The van der Waals surface area contributed by atoms with Crippen molar-refractivity contribution in [2.75, 3.05) is 26.9 Å². The second-order valence-electron chi connectivity index (χ2n) is 4.24. The Balaban J connectivity index is 2.52. The lowest BCUT2D eigenvalue weighted by Gasteiger charge is -2.12. The van der Waals surface area contributed by atoms with E-state index in [1.807, 2.05) is 0 Å². The topological polar surface area (TPSA) is 82.5 Å². The standard InChI is InChI=1S/C13H21N3O4/c1-4-20-13(18)11-8-15-16(9-11)10(2)12(17)14-6-5-7-19-3/h8-10H,4-7H2,1-3H3,(H,14,17). The maximum atomic E-state index is 11.9. The van der Waals surface area contributed by atoms with Gasteiger partial charge in [-0.1, -0.05) is 0 Å². The van der Waals surface area contributed by atoms with Gasteiger partial charge < -0.3 is 14.8 Å². The molecule has 1 aromatic heterocycles. The molecule has 0 saturated heterocycles. The molecule has 7 heteroatoms. The Labute approximate surface area is 118 Å². The van der Waals surface area contributed by atoms with Crippen LogP contribution >= 0.6 is 0 Å². The molecule has 0 radical (unpaired) electrons. The number of aromatic nitrogens is 2. The van der Waals surface area contributed by atoms with Crippen LogP contribution in [-0.2, 0) is 14.3 Å². The molecule has 1 heterocycles. The molecule has 1 atom stereocenters. The van der Waals surface area contributed by atoms with Crippen molar-refractivity contribution in [3.8, 4) is 0 Å². The number of carbonyl (C=O) groups excluding carboxylic acids is 2. The lowest BCUT2D eigenvalue weighted by Crippen LogP contribution is -2.32. The Hall–Kier alpha value is -1.89. The number of amides is 1. The van der Waals surface area contributed by atoms with Crippen molar-refractivity contribution in [1.29, 1.82) is 0 Å². The third-order valence-corrected chi connectivity index (χ3v) is 2.71. The summed E-state index contributed by atoms with van der Waals surface area (Å²) in [5.74, 6) is -0.592. The molecule has 1 amide bonds. The molecule has 0 bridgehead atoms. The van der Waals surface area contributed by atoms with Crippen LogP contribution < -0.4 is 5.32 Å².